The summed E-state index contributed by atoms with van der Waals surface area (Å²) in [6.07, 6.45) is 3.10. The smallest absolute Gasteiger partial charge is 0.258 e. The van der Waals surface area contributed by atoms with Crippen molar-refractivity contribution in [2.24, 2.45) is 5.41 Å². The predicted octanol–water partition coefficient (Wildman–Crippen LogP) is 3.59. The Balaban J connectivity index is 1.32. The summed E-state index contributed by atoms with van der Waals surface area (Å²) in [7, 11) is 0. The second kappa shape index (κ2) is 8.59. The minimum Gasteiger partial charge on any atom is -0.493 e. The summed E-state index contributed by atoms with van der Waals surface area (Å²) in [4.78, 5) is 16.3. The molecule has 3 atom stereocenters. The number of carbonyl (C=O) groups is 1. The first-order valence-corrected chi connectivity index (χ1v) is 10.4. The van der Waals surface area contributed by atoms with Gasteiger partial charge in [-0.25, -0.2) is 8.78 Å². The summed E-state index contributed by atoms with van der Waals surface area (Å²) in [5.74, 6) is -0.168. The second-order valence-corrected chi connectivity index (χ2v) is 8.78. The summed E-state index contributed by atoms with van der Waals surface area (Å²) in [6, 6.07) is 7.32. The highest BCUT2D eigenvalue weighted by atomic mass is 35.5. The van der Waals surface area contributed by atoms with Crippen LogP contribution < -0.4 is 14.8 Å². The summed E-state index contributed by atoms with van der Waals surface area (Å²) >= 11 is 5.70. The maximum Gasteiger partial charge on any atom is 0.258 e. The van der Waals surface area contributed by atoms with Gasteiger partial charge in [0.2, 0.25) is 0 Å². The number of fused-ring (bicyclic) bond motifs is 2. The van der Waals surface area contributed by atoms with Crippen molar-refractivity contribution < 1.29 is 28.2 Å². The lowest BCUT2D eigenvalue weighted by molar-refractivity contribution is -0.126. The van der Waals surface area contributed by atoms with Crippen molar-refractivity contribution in [2.75, 3.05) is 13.2 Å². The van der Waals surface area contributed by atoms with Crippen LogP contribution in [0.3, 0.4) is 0 Å². The highest BCUT2D eigenvalue weighted by molar-refractivity contribution is 6.30. The van der Waals surface area contributed by atoms with E-state index in [0.717, 1.165) is 6.42 Å². The molecule has 2 aliphatic rings. The number of ether oxygens (including phenoxy) is 2. The Morgan fingerprint density at radius 3 is 2.74 bits per heavy atom. The lowest BCUT2D eigenvalue weighted by Crippen LogP contribution is -2.54. The number of amides is 1. The van der Waals surface area contributed by atoms with Crippen molar-refractivity contribution in [3.8, 4) is 11.5 Å². The van der Waals surface area contributed by atoms with E-state index in [2.05, 4.69) is 10.3 Å². The molecule has 9 heteroatoms. The standard InChI is InChI=1S/C22H23ClF2N2O4/c23-17-4-3-15(7-18(17)25)31-13-21-5-6-22(12-21,19(28)8-21)27-20(29)11-30-16-2-1-14(9-24)26-10-16/h1-4,7,10,19,28H,5-6,8-9,11-13H2,(H,27,29). The molecule has 0 aliphatic heterocycles. The van der Waals surface area contributed by atoms with E-state index < -0.39 is 24.1 Å². The largest absolute Gasteiger partial charge is 0.493 e. The Hall–Kier alpha value is -2.45. The molecule has 3 unspecified atom stereocenters. The Bertz CT molecular complexity index is 961. The van der Waals surface area contributed by atoms with Crippen LogP contribution in [0, 0.1) is 11.2 Å². The van der Waals surface area contributed by atoms with Crippen molar-refractivity contribution in [2.45, 2.75) is 44.0 Å². The highest BCUT2D eigenvalue weighted by Gasteiger charge is 2.60. The van der Waals surface area contributed by atoms with Gasteiger partial charge in [-0.1, -0.05) is 11.6 Å². The molecule has 1 amide bonds. The normalized spacial score (nSPS) is 26.6. The van der Waals surface area contributed by atoms with Gasteiger partial charge in [0.25, 0.3) is 5.91 Å². The number of rotatable bonds is 8. The van der Waals surface area contributed by atoms with Gasteiger partial charge >= 0.3 is 0 Å². The molecular formula is C22H23ClF2N2O4. The van der Waals surface area contributed by atoms with Gasteiger partial charge in [0.1, 0.15) is 24.0 Å². The molecule has 1 aromatic carbocycles. The van der Waals surface area contributed by atoms with Gasteiger partial charge in [-0.15, -0.1) is 0 Å². The third-order valence-electron chi connectivity index (χ3n) is 6.19. The maximum atomic E-state index is 13.6. The number of nitrogens with zero attached hydrogens (tertiary/aromatic N) is 1. The predicted molar refractivity (Wildman–Crippen MR) is 109 cm³/mol. The molecule has 2 aromatic rings. The minimum atomic E-state index is -0.731. The molecule has 166 valence electrons. The molecule has 2 fully saturated rings. The molecular weight excluding hydrogens is 430 g/mol. The van der Waals surface area contributed by atoms with E-state index in [-0.39, 0.29) is 28.6 Å². The van der Waals surface area contributed by atoms with Crippen LogP contribution in [0.4, 0.5) is 8.78 Å². The van der Waals surface area contributed by atoms with Gasteiger partial charge in [-0.2, -0.15) is 0 Å². The van der Waals surface area contributed by atoms with Gasteiger partial charge in [-0.05, 0) is 49.9 Å². The zero-order valence-electron chi connectivity index (χ0n) is 16.7. The van der Waals surface area contributed by atoms with Crippen molar-refractivity contribution in [1.29, 1.82) is 0 Å². The number of carbonyl (C=O) groups excluding carboxylic acids is 1. The fourth-order valence-electron chi connectivity index (χ4n) is 4.61. The van der Waals surface area contributed by atoms with E-state index in [0.29, 0.717) is 37.4 Å². The summed E-state index contributed by atoms with van der Waals surface area (Å²) in [5, 5.41) is 13.6. The maximum absolute atomic E-state index is 13.6. The van der Waals surface area contributed by atoms with Crippen molar-refractivity contribution in [3.63, 3.8) is 0 Å². The second-order valence-electron chi connectivity index (χ2n) is 8.37. The molecule has 4 rings (SSSR count). The number of pyridine rings is 1. The van der Waals surface area contributed by atoms with Crippen LogP contribution in [-0.2, 0) is 11.5 Å². The molecule has 1 aromatic heterocycles. The number of alkyl halides is 1. The molecule has 0 radical (unpaired) electrons. The Kier molecular flexibility index (Phi) is 6.03. The van der Waals surface area contributed by atoms with Crippen LogP contribution in [0.1, 0.15) is 31.4 Å². The molecule has 2 aliphatic carbocycles. The fourth-order valence-corrected chi connectivity index (χ4v) is 4.73. The van der Waals surface area contributed by atoms with Crippen LogP contribution >= 0.6 is 11.6 Å². The number of hydrogen-bond donors (Lipinski definition) is 2. The summed E-state index contributed by atoms with van der Waals surface area (Å²) < 4.78 is 37.4. The molecule has 1 heterocycles. The number of nitrogens with one attached hydrogen (secondary N) is 1. The van der Waals surface area contributed by atoms with E-state index in [1.54, 1.807) is 12.1 Å². The van der Waals surface area contributed by atoms with E-state index >= 15 is 0 Å². The van der Waals surface area contributed by atoms with Crippen LogP contribution in [0.2, 0.25) is 5.02 Å². The molecule has 6 nitrogen and oxygen atoms in total. The topological polar surface area (TPSA) is 80.7 Å². The van der Waals surface area contributed by atoms with Crippen molar-refractivity contribution in [3.05, 3.63) is 53.1 Å². The lowest BCUT2D eigenvalue weighted by atomic mass is 9.83. The highest BCUT2D eigenvalue weighted by Crippen LogP contribution is 2.56. The number of aliphatic hydroxyl groups is 1. The number of halogens is 3. The minimum absolute atomic E-state index is 0.0285. The average molecular weight is 453 g/mol. The SMILES string of the molecule is O=C(COc1ccc(CF)nc1)NC12CCC(COc3ccc(Cl)c(F)c3)(CC1O)C2. The molecule has 0 saturated heterocycles. The van der Waals surface area contributed by atoms with Gasteiger partial charge in [0.05, 0.1) is 35.2 Å². The van der Waals surface area contributed by atoms with Crippen LogP contribution in [0.15, 0.2) is 36.5 Å². The zero-order chi connectivity index (χ0) is 22.1. The van der Waals surface area contributed by atoms with Gasteiger partial charge in [0, 0.05) is 11.5 Å². The first-order chi connectivity index (χ1) is 14.8. The first-order valence-electron chi connectivity index (χ1n) is 10.0. The third kappa shape index (κ3) is 4.60. The summed E-state index contributed by atoms with van der Waals surface area (Å²) in [6.45, 7) is -0.593. The van der Waals surface area contributed by atoms with Crippen LogP contribution in [0.5, 0.6) is 11.5 Å². The molecule has 2 bridgehead atoms. The van der Waals surface area contributed by atoms with E-state index in [1.807, 2.05) is 0 Å². The number of benzene rings is 1. The first kappa shape index (κ1) is 21.8. The zero-order valence-corrected chi connectivity index (χ0v) is 17.5. The Morgan fingerprint density at radius 1 is 1.26 bits per heavy atom. The van der Waals surface area contributed by atoms with Gasteiger partial charge < -0.3 is 19.9 Å². The number of hydrogen-bond acceptors (Lipinski definition) is 5. The lowest BCUT2D eigenvalue weighted by Gasteiger charge is -2.33. The van der Waals surface area contributed by atoms with E-state index in [1.165, 1.54) is 24.4 Å². The molecule has 31 heavy (non-hydrogen) atoms. The Labute approximate surface area is 183 Å². The van der Waals surface area contributed by atoms with Gasteiger partial charge in [0.15, 0.2) is 6.61 Å². The summed E-state index contributed by atoms with van der Waals surface area (Å²) in [5.41, 5.74) is -0.739. The quantitative estimate of drug-likeness (QED) is 0.639. The monoisotopic (exact) mass is 452 g/mol. The number of aliphatic hydroxyl groups excluding tert-OH is 1. The third-order valence-corrected chi connectivity index (χ3v) is 6.49. The molecule has 2 saturated carbocycles. The fraction of sp³-hybridized carbons (Fsp3) is 0.455. The van der Waals surface area contributed by atoms with Crippen molar-refractivity contribution >= 4 is 17.5 Å². The van der Waals surface area contributed by atoms with Crippen molar-refractivity contribution in [1.82, 2.24) is 10.3 Å². The van der Waals surface area contributed by atoms with E-state index in [9.17, 15) is 18.7 Å². The van der Waals surface area contributed by atoms with Crippen LogP contribution in [-0.4, -0.2) is 40.9 Å². The Morgan fingerprint density at radius 2 is 2.06 bits per heavy atom. The average Bonchev–Trinajstić information content (AvgIpc) is 3.25. The van der Waals surface area contributed by atoms with Gasteiger partial charge in [-0.3, -0.25) is 9.78 Å². The van der Waals surface area contributed by atoms with Crippen LogP contribution in [0.25, 0.3) is 0 Å². The molecule has 0 spiro atoms. The van der Waals surface area contributed by atoms with E-state index in [4.69, 9.17) is 21.1 Å². The number of aromatic nitrogens is 1. The molecule has 2 N–H and O–H groups in total.